The third kappa shape index (κ3) is 12.9. The second kappa shape index (κ2) is 23.5. The molecule has 3 fully saturated rings. The zero-order valence-corrected chi connectivity index (χ0v) is 32.3. The maximum Gasteiger partial charge on any atom is 0.134 e. The minimum absolute atomic E-state index is 0.172. The minimum atomic E-state index is -0.172. The summed E-state index contributed by atoms with van der Waals surface area (Å²) >= 11 is 0. The van der Waals surface area contributed by atoms with Crippen LogP contribution in [-0.2, 0) is 36.7 Å². The molecule has 2 atom stereocenters. The van der Waals surface area contributed by atoms with Gasteiger partial charge in [0.05, 0.1) is 78.2 Å². The van der Waals surface area contributed by atoms with Crippen molar-refractivity contribution < 1.29 is 28.1 Å². The van der Waals surface area contributed by atoms with Crippen LogP contribution in [0, 0.1) is 5.82 Å². The quantitative estimate of drug-likeness (QED) is 0.109. The Morgan fingerprint density at radius 2 is 1.28 bits per heavy atom. The molecule has 2 unspecified atom stereocenters. The van der Waals surface area contributed by atoms with Crippen LogP contribution in [0.25, 0.3) is 0 Å². The number of aromatic nitrogens is 1. The maximum absolute atomic E-state index is 14.2. The average molecular weight is 735 g/mol. The Morgan fingerprint density at radius 1 is 0.642 bits per heavy atom. The molecule has 0 aliphatic carbocycles. The number of hydrogen-bond acceptors (Lipinski definition) is 9. The summed E-state index contributed by atoms with van der Waals surface area (Å²) in [5, 5.41) is 0. The van der Waals surface area contributed by atoms with Gasteiger partial charge in [-0.1, -0.05) is 56.7 Å². The Kier molecular flexibility index (Phi) is 18.1. The third-order valence-electron chi connectivity index (χ3n) is 10.0. The van der Waals surface area contributed by atoms with Gasteiger partial charge in [0.2, 0.25) is 0 Å². The number of anilines is 3. The average Bonchev–Trinajstić information content (AvgIpc) is 3.63. The molecule has 4 heterocycles. The summed E-state index contributed by atoms with van der Waals surface area (Å²) in [5.74, 6) is 0.928. The van der Waals surface area contributed by atoms with Gasteiger partial charge >= 0.3 is 0 Å². The van der Waals surface area contributed by atoms with E-state index in [0.717, 1.165) is 68.9 Å². The van der Waals surface area contributed by atoms with E-state index in [4.69, 9.17) is 28.7 Å². The Bertz CT molecular complexity index is 1430. The van der Waals surface area contributed by atoms with Crippen LogP contribution in [0.2, 0.25) is 0 Å². The molecule has 0 radical (unpaired) electrons. The van der Waals surface area contributed by atoms with E-state index in [-0.39, 0.29) is 5.82 Å². The molecular formula is C43H63FN4O5. The summed E-state index contributed by atoms with van der Waals surface area (Å²) in [7, 11) is 0. The Morgan fingerprint density at radius 3 is 1.96 bits per heavy atom. The van der Waals surface area contributed by atoms with E-state index in [1.54, 1.807) is 6.07 Å². The number of hydrogen-bond donors (Lipinski definition) is 0. The van der Waals surface area contributed by atoms with E-state index < -0.39 is 0 Å². The molecule has 0 N–H and O–H groups in total. The van der Waals surface area contributed by atoms with Gasteiger partial charge in [-0.3, -0.25) is 0 Å². The molecule has 3 aliphatic rings. The zero-order valence-electron chi connectivity index (χ0n) is 32.3. The fraction of sp³-hybridized carbons (Fsp3) is 0.605. The molecule has 0 amide bonds. The van der Waals surface area contributed by atoms with Crippen LogP contribution in [0.5, 0.6) is 0 Å². The first-order valence-corrected chi connectivity index (χ1v) is 20.1. The van der Waals surface area contributed by atoms with Crippen LogP contribution in [0.15, 0.2) is 66.9 Å². The number of nitrogens with zero attached hydrogens (tertiary/aromatic N) is 4. The smallest absolute Gasteiger partial charge is 0.134 e. The van der Waals surface area contributed by atoms with Crippen LogP contribution < -0.4 is 14.7 Å². The minimum Gasteiger partial charge on any atom is -0.379 e. The van der Waals surface area contributed by atoms with Gasteiger partial charge in [0.15, 0.2) is 0 Å². The lowest BCUT2D eigenvalue weighted by Gasteiger charge is -2.42. The molecule has 6 rings (SSSR count). The van der Waals surface area contributed by atoms with E-state index >= 15 is 0 Å². The molecule has 9 nitrogen and oxygen atoms in total. The van der Waals surface area contributed by atoms with Gasteiger partial charge < -0.3 is 38.4 Å². The summed E-state index contributed by atoms with van der Waals surface area (Å²) in [4.78, 5) is 12.6. The van der Waals surface area contributed by atoms with Crippen molar-refractivity contribution in [2.24, 2.45) is 0 Å². The highest BCUT2D eigenvalue weighted by atomic mass is 19.1. The number of pyridine rings is 1. The molecule has 0 bridgehead atoms. The second-order valence-electron chi connectivity index (χ2n) is 14.1. The lowest BCUT2D eigenvalue weighted by Crippen LogP contribution is -2.50. The largest absolute Gasteiger partial charge is 0.379 e. The molecule has 292 valence electrons. The van der Waals surface area contributed by atoms with E-state index in [9.17, 15) is 4.39 Å². The fourth-order valence-electron chi connectivity index (χ4n) is 7.63. The van der Waals surface area contributed by atoms with Crippen molar-refractivity contribution in [3.63, 3.8) is 0 Å². The highest BCUT2D eigenvalue weighted by Crippen LogP contribution is 2.39. The van der Waals surface area contributed by atoms with Crippen molar-refractivity contribution in [1.29, 1.82) is 0 Å². The van der Waals surface area contributed by atoms with Gasteiger partial charge in [0.25, 0.3) is 0 Å². The van der Waals surface area contributed by atoms with Crippen LogP contribution in [-0.4, -0.2) is 103 Å². The normalized spacial score (nSPS) is 18.5. The third-order valence-corrected chi connectivity index (χ3v) is 10.0. The van der Waals surface area contributed by atoms with Crippen molar-refractivity contribution >= 4 is 17.2 Å². The molecule has 0 saturated carbocycles. The number of halogens is 1. The number of rotatable bonds is 20. The molecule has 10 heteroatoms. The summed E-state index contributed by atoms with van der Waals surface area (Å²) in [6.45, 7) is 13.9. The van der Waals surface area contributed by atoms with Crippen LogP contribution in [0.1, 0.15) is 69.9 Å². The van der Waals surface area contributed by atoms with Gasteiger partial charge in [-0.25, -0.2) is 9.37 Å². The van der Waals surface area contributed by atoms with Gasteiger partial charge in [-0.15, -0.1) is 0 Å². The van der Waals surface area contributed by atoms with Crippen LogP contribution >= 0.6 is 0 Å². The number of benzene rings is 2. The monoisotopic (exact) mass is 734 g/mol. The van der Waals surface area contributed by atoms with E-state index in [2.05, 4.69) is 46.7 Å². The number of fused-ring (bicyclic) bond motifs is 1. The summed E-state index contributed by atoms with van der Waals surface area (Å²) < 4.78 is 42.9. The number of piperidine rings is 2. The highest BCUT2D eigenvalue weighted by Gasteiger charge is 2.42. The van der Waals surface area contributed by atoms with E-state index in [1.165, 1.54) is 43.0 Å². The zero-order chi connectivity index (χ0) is 36.9. The van der Waals surface area contributed by atoms with Crippen molar-refractivity contribution in [2.45, 2.75) is 83.9 Å². The fourth-order valence-corrected chi connectivity index (χ4v) is 7.63. The maximum atomic E-state index is 14.2. The molecular weight excluding hydrogens is 671 g/mol. The predicted octanol–water partition coefficient (Wildman–Crippen LogP) is 7.70. The molecule has 3 saturated heterocycles. The van der Waals surface area contributed by atoms with Crippen molar-refractivity contribution in [2.75, 3.05) is 100 Å². The lowest BCUT2D eigenvalue weighted by molar-refractivity contribution is -0.0122. The molecule has 1 aromatic heterocycles. The highest BCUT2D eigenvalue weighted by molar-refractivity contribution is 5.66. The first kappa shape index (κ1) is 40.9. The van der Waals surface area contributed by atoms with Crippen molar-refractivity contribution in [3.05, 3.63) is 83.8 Å². The Hall–Kier alpha value is -3.28. The van der Waals surface area contributed by atoms with Gasteiger partial charge in [0, 0.05) is 55.7 Å². The lowest BCUT2D eigenvalue weighted by atomic mass is 9.95. The van der Waals surface area contributed by atoms with E-state index in [0.29, 0.717) is 78.2 Å². The summed E-state index contributed by atoms with van der Waals surface area (Å²) in [5.41, 5.74) is 4.75. The van der Waals surface area contributed by atoms with E-state index in [1.807, 2.05) is 36.5 Å². The summed E-state index contributed by atoms with van der Waals surface area (Å²) in [6.07, 6.45) is 11.0. The van der Waals surface area contributed by atoms with Gasteiger partial charge in [-0.05, 0) is 68.4 Å². The standard InChI is InChI=1S/C40H55FN4O5.C3H8/c41-34-11-7-12-35(31-34)44-20-8-13-38-39(44)15-21-45(38)40-36(37(14-17-42-40)43-18-5-2-6-19-43)16-22-46-23-24-47-25-26-48-27-28-49-29-30-50-32-33-9-3-1-4-10-33;1-3-2/h1,3-4,7,9-12,14,17,31,38-39H,2,5-6,8,13,15-16,18-30,32H2;3H2,1-2H3. The Balaban J connectivity index is 0.00000175. The first-order chi connectivity index (χ1) is 26.2. The molecule has 53 heavy (non-hydrogen) atoms. The van der Waals surface area contributed by atoms with Crippen LogP contribution in [0.4, 0.5) is 21.6 Å². The SMILES string of the molecule is CCC.Fc1cccc(N2CCCC3C2CCN3c2nccc(N3CCCCC3)c2CCOCCOCCOCCOCCOCc2ccccc2)c1. The summed E-state index contributed by atoms with van der Waals surface area (Å²) in [6, 6.07) is 20.1. The first-order valence-electron chi connectivity index (χ1n) is 20.1. The Labute approximate surface area is 317 Å². The molecule has 3 aromatic rings. The topological polar surface area (TPSA) is 68.8 Å². The van der Waals surface area contributed by atoms with Gasteiger partial charge in [-0.2, -0.15) is 0 Å². The second-order valence-corrected chi connectivity index (χ2v) is 14.1. The molecule has 2 aromatic carbocycles. The molecule has 0 spiro atoms. The predicted molar refractivity (Wildman–Crippen MR) is 212 cm³/mol. The van der Waals surface area contributed by atoms with Crippen molar-refractivity contribution in [1.82, 2.24) is 4.98 Å². The van der Waals surface area contributed by atoms with Crippen molar-refractivity contribution in [3.8, 4) is 0 Å². The molecule has 3 aliphatic heterocycles. The van der Waals surface area contributed by atoms with Gasteiger partial charge in [0.1, 0.15) is 11.6 Å². The number of ether oxygens (including phenoxy) is 5. The van der Waals surface area contributed by atoms with Crippen LogP contribution in [0.3, 0.4) is 0 Å².